The lowest BCUT2D eigenvalue weighted by Crippen LogP contribution is -2.35. The molecule has 0 bridgehead atoms. The van der Waals surface area contributed by atoms with Gasteiger partial charge in [0.1, 0.15) is 12.2 Å². The van der Waals surface area contributed by atoms with Gasteiger partial charge < -0.3 is 19.5 Å². The number of pyridine rings is 1. The van der Waals surface area contributed by atoms with E-state index in [9.17, 15) is 4.79 Å². The fraction of sp³-hybridized carbons (Fsp3) is 0.258. The molecule has 3 aliphatic rings. The van der Waals surface area contributed by atoms with Crippen LogP contribution < -0.4 is 10.9 Å². The predicted molar refractivity (Wildman–Crippen MR) is 160 cm³/mol. The Kier molecular flexibility index (Phi) is 6.41. The van der Waals surface area contributed by atoms with Gasteiger partial charge in [-0.2, -0.15) is 4.98 Å². The molecule has 10 nitrogen and oxygen atoms in total. The van der Waals surface area contributed by atoms with E-state index >= 15 is 0 Å². The van der Waals surface area contributed by atoms with Gasteiger partial charge in [0, 0.05) is 54.4 Å². The summed E-state index contributed by atoms with van der Waals surface area (Å²) in [7, 11) is 2.11. The molecule has 1 aromatic carbocycles. The Hall–Kier alpha value is -4.67. The lowest BCUT2D eigenvalue weighted by Gasteiger charge is -2.30. The van der Waals surface area contributed by atoms with E-state index in [0.717, 1.165) is 54.1 Å². The molecule has 0 radical (unpaired) electrons. The van der Waals surface area contributed by atoms with Crippen LogP contribution in [0.1, 0.15) is 30.2 Å². The largest absolute Gasteiger partial charge is 0.371 e. The highest BCUT2D eigenvalue weighted by molar-refractivity contribution is 5.96. The predicted octanol–water partition coefficient (Wildman–Crippen LogP) is 4.67. The minimum atomic E-state index is -0.212. The Morgan fingerprint density at radius 1 is 1.12 bits per heavy atom. The van der Waals surface area contributed by atoms with Gasteiger partial charge in [-0.3, -0.25) is 4.79 Å². The third kappa shape index (κ3) is 4.71. The van der Waals surface area contributed by atoms with Crippen LogP contribution in [-0.4, -0.2) is 61.6 Å². The third-order valence-electron chi connectivity index (χ3n) is 7.73. The first kappa shape index (κ1) is 25.3. The average molecular weight is 547 g/mol. The number of hydrogen-bond donors (Lipinski definition) is 1. The van der Waals surface area contributed by atoms with E-state index in [4.69, 9.17) is 9.72 Å². The lowest BCUT2D eigenvalue weighted by atomic mass is 10.1. The SMILES string of the molecule is Cc1c(-c2cc3cnc(Nc4ccc(C5CN(C)CCO5)cc4)nc3n(C3=NC=CC3)c2=O)ncn1C1=CCC=C1. The summed E-state index contributed by atoms with van der Waals surface area (Å²) in [6, 6.07) is 9.95. The van der Waals surface area contributed by atoms with Crippen LogP contribution in [0.3, 0.4) is 0 Å². The van der Waals surface area contributed by atoms with Crippen molar-refractivity contribution in [2.75, 3.05) is 32.1 Å². The molecule has 1 atom stereocenters. The van der Waals surface area contributed by atoms with E-state index in [-0.39, 0.29) is 11.7 Å². The summed E-state index contributed by atoms with van der Waals surface area (Å²) in [6.45, 7) is 4.52. The number of likely N-dealkylation sites (N-methyl/N-ethyl adjacent to an activating group) is 1. The van der Waals surface area contributed by atoms with E-state index in [2.05, 4.69) is 62.6 Å². The molecule has 2 aliphatic heterocycles. The van der Waals surface area contributed by atoms with Gasteiger partial charge in [-0.05, 0) is 50.2 Å². The Balaban J connectivity index is 1.25. The van der Waals surface area contributed by atoms with Gasteiger partial charge in [0.05, 0.1) is 24.0 Å². The number of nitrogens with zero attached hydrogens (tertiary/aromatic N) is 7. The highest BCUT2D eigenvalue weighted by atomic mass is 16.5. The van der Waals surface area contributed by atoms with Gasteiger partial charge in [0.15, 0.2) is 5.65 Å². The molecule has 1 unspecified atom stereocenters. The number of morpholine rings is 1. The normalized spacial score (nSPS) is 18.7. The first-order valence-corrected chi connectivity index (χ1v) is 13.8. The van der Waals surface area contributed by atoms with E-state index in [0.29, 0.717) is 35.1 Å². The summed E-state index contributed by atoms with van der Waals surface area (Å²) in [6.07, 6.45) is 14.9. The molecule has 5 heterocycles. The van der Waals surface area contributed by atoms with Crippen molar-refractivity contribution in [1.82, 2.24) is 29.0 Å². The van der Waals surface area contributed by atoms with E-state index in [1.807, 2.05) is 35.8 Å². The van der Waals surface area contributed by atoms with Gasteiger partial charge in [-0.15, -0.1) is 0 Å². The van der Waals surface area contributed by atoms with Crippen molar-refractivity contribution in [3.63, 3.8) is 0 Å². The Bertz CT molecular complexity index is 1830. The fourth-order valence-corrected chi connectivity index (χ4v) is 5.51. The molecule has 10 heteroatoms. The number of hydrogen-bond acceptors (Lipinski definition) is 8. The fourth-order valence-electron chi connectivity index (χ4n) is 5.51. The molecule has 1 saturated heterocycles. The smallest absolute Gasteiger partial charge is 0.267 e. The van der Waals surface area contributed by atoms with Gasteiger partial charge in [0.2, 0.25) is 5.95 Å². The van der Waals surface area contributed by atoms with E-state index in [1.165, 1.54) is 0 Å². The van der Waals surface area contributed by atoms with Crippen LogP contribution in [0.4, 0.5) is 11.6 Å². The second kappa shape index (κ2) is 10.4. The van der Waals surface area contributed by atoms with E-state index < -0.39 is 0 Å². The highest BCUT2D eigenvalue weighted by Crippen LogP contribution is 2.28. The molecule has 0 amide bonds. The minimum Gasteiger partial charge on any atom is -0.371 e. The van der Waals surface area contributed by atoms with Crippen molar-refractivity contribution >= 4 is 34.2 Å². The first-order valence-electron chi connectivity index (χ1n) is 13.8. The van der Waals surface area contributed by atoms with Crippen molar-refractivity contribution in [2.24, 2.45) is 4.99 Å². The maximum Gasteiger partial charge on any atom is 0.267 e. The Labute approximate surface area is 237 Å². The van der Waals surface area contributed by atoms with Crippen molar-refractivity contribution in [3.8, 4) is 11.3 Å². The van der Waals surface area contributed by atoms with Crippen LogP contribution >= 0.6 is 0 Å². The van der Waals surface area contributed by atoms with Gasteiger partial charge in [-0.1, -0.05) is 30.4 Å². The summed E-state index contributed by atoms with van der Waals surface area (Å²) in [4.78, 5) is 34.8. The number of imidazole rings is 1. The Morgan fingerprint density at radius 3 is 2.76 bits per heavy atom. The van der Waals surface area contributed by atoms with Crippen LogP contribution in [0.25, 0.3) is 28.0 Å². The topological polar surface area (TPSA) is 102 Å². The van der Waals surface area contributed by atoms with Crippen molar-refractivity contribution in [3.05, 3.63) is 95.0 Å². The number of rotatable bonds is 5. The third-order valence-corrected chi connectivity index (χ3v) is 7.73. The molecular weight excluding hydrogens is 516 g/mol. The highest BCUT2D eigenvalue weighted by Gasteiger charge is 2.22. The van der Waals surface area contributed by atoms with Crippen molar-refractivity contribution in [1.29, 1.82) is 0 Å². The van der Waals surface area contributed by atoms with E-state index in [1.54, 1.807) is 23.3 Å². The first-order chi connectivity index (χ1) is 20.0. The quantitative estimate of drug-likeness (QED) is 0.388. The number of fused-ring (bicyclic) bond motifs is 1. The maximum atomic E-state index is 14.0. The van der Waals surface area contributed by atoms with Crippen molar-refractivity contribution < 1.29 is 4.74 Å². The molecule has 41 heavy (non-hydrogen) atoms. The number of aliphatic imine (C=N–C) groups is 1. The molecule has 1 aliphatic carbocycles. The van der Waals surface area contributed by atoms with Crippen LogP contribution in [0.15, 0.2) is 83.1 Å². The molecule has 1 N–H and O–H groups in total. The molecule has 0 spiro atoms. The summed E-state index contributed by atoms with van der Waals surface area (Å²) in [5, 5.41) is 4.01. The summed E-state index contributed by atoms with van der Waals surface area (Å²) in [5.74, 6) is 1.01. The zero-order valence-electron chi connectivity index (χ0n) is 23.0. The molecular formula is C31H30N8O2. The van der Waals surface area contributed by atoms with Crippen LogP contribution in [0.2, 0.25) is 0 Å². The number of benzene rings is 1. The lowest BCUT2D eigenvalue weighted by molar-refractivity contribution is -0.0208. The molecule has 1 fully saturated rings. The van der Waals surface area contributed by atoms with Crippen molar-refractivity contribution in [2.45, 2.75) is 25.9 Å². The molecule has 3 aromatic heterocycles. The second-order valence-electron chi connectivity index (χ2n) is 10.5. The molecule has 206 valence electrons. The number of nitrogens with one attached hydrogen (secondary N) is 1. The number of ether oxygens (including phenoxy) is 1. The average Bonchev–Trinajstić information content (AvgIpc) is 3.76. The van der Waals surface area contributed by atoms with Crippen LogP contribution in [0, 0.1) is 6.92 Å². The molecule has 0 saturated carbocycles. The standard InChI is InChI=1S/C31H30N8O2/c1-20-28(34-19-38(20)24-6-3-4-7-24)25-16-22-17-33-31(36-29(22)39(30(25)40)27-8-5-13-32-27)35-23-11-9-21(10-12-23)26-18-37(2)14-15-41-26/h3,5-7,9-13,16-17,19,26H,4,8,14-15,18H2,1-2H3,(H,33,35,36). The molecule has 4 aromatic rings. The van der Waals surface area contributed by atoms with Crippen LogP contribution in [-0.2, 0) is 4.74 Å². The van der Waals surface area contributed by atoms with Gasteiger partial charge in [-0.25, -0.2) is 19.5 Å². The number of anilines is 2. The summed E-state index contributed by atoms with van der Waals surface area (Å²) < 4.78 is 9.54. The monoisotopic (exact) mass is 546 g/mol. The van der Waals surface area contributed by atoms with Crippen LogP contribution in [0.5, 0.6) is 0 Å². The van der Waals surface area contributed by atoms with Gasteiger partial charge >= 0.3 is 0 Å². The number of aromatic nitrogens is 5. The number of allylic oxidation sites excluding steroid dienone is 5. The zero-order valence-corrected chi connectivity index (χ0v) is 23.0. The second-order valence-corrected chi connectivity index (χ2v) is 10.5. The van der Waals surface area contributed by atoms with Gasteiger partial charge in [0.25, 0.3) is 5.56 Å². The summed E-state index contributed by atoms with van der Waals surface area (Å²) in [5.41, 5.74) is 5.33. The molecule has 7 rings (SSSR count). The Morgan fingerprint density at radius 2 is 2.00 bits per heavy atom. The summed E-state index contributed by atoms with van der Waals surface area (Å²) >= 11 is 0. The minimum absolute atomic E-state index is 0.0607. The maximum absolute atomic E-state index is 14.0. The zero-order chi connectivity index (χ0) is 27.9.